The fourth-order valence-corrected chi connectivity index (χ4v) is 9.77. The molecule has 0 aromatic rings. The molecule has 4 aliphatic rings. The summed E-state index contributed by atoms with van der Waals surface area (Å²) in [6.45, 7) is 11.8. The quantitative estimate of drug-likeness (QED) is 0.557. The molecule has 0 aromatic heterocycles. The fraction of sp³-hybridized carbons (Fsp3) is 1.00. The van der Waals surface area contributed by atoms with Gasteiger partial charge in [0.05, 0.1) is 18.3 Å². The van der Waals surface area contributed by atoms with Crippen LogP contribution < -0.4 is 0 Å². The average molecular weight is 421 g/mol. The van der Waals surface area contributed by atoms with Gasteiger partial charge in [0.2, 0.25) is 0 Å². The van der Waals surface area contributed by atoms with Crippen molar-refractivity contribution in [2.75, 3.05) is 0 Å². The number of aliphatic hydroxyl groups is 3. The normalized spacial score (nSPS) is 54.2. The first-order valence-corrected chi connectivity index (χ1v) is 13.2. The van der Waals surface area contributed by atoms with Gasteiger partial charge in [-0.1, -0.05) is 60.3 Å². The summed E-state index contributed by atoms with van der Waals surface area (Å²) in [4.78, 5) is 0. The molecule has 3 nitrogen and oxygen atoms in total. The van der Waals surface area contributed by atoms with Crippen LogP contribution in [0.4, 0.5) is 0 Å². The van der Waals surface area contributed by atoms with E-state index < -0.39 is 0 Å². The Labute approximate surface area is 185 Å². The minimum Gasteiger partial charge on any atom is -0.393 e. The van der Waals surface area contributed by atoms with Gasteiger partial charge in [0.1, 0.15) is 0 Å². The molecule has 0 radical (unpaired) electrons. The van der Waals surface area contributed by atoms with Crippen LogP contribution in [-0.2, 0) is 0 Å². The number of hydrogen-bond acceptors (Lipinski definition) is 3. The van der Waals surface area contributed by atoms with Gasteiger partial charge < -0.3 is 15.3 Å². The van der Waals surface area contributed by atoms with Crippen LogP contribution in [0.3, 0.4) is 0 Å². The van der Waals surface area contributed by atoms with Crippen molar-refractivity contribution >= 4 is 0 Å². The van der Waals surface area contributed by atoms with Crippen LogP contribution >= 0.6 is 0 Å². The molecule has 0 amide bonds. The highest BCUT2D eigenvalue weighted by atomic mass is 16.3. The standard InChI is InChI=1S/C27H48O3/c1-6-8-9-16(3)19-10-11-20-23-24(22(29)15-27(19,20)5)26(4)13-12-17(28)14-21(26)18(7-2)25(23)30/h16-25,28-30H,6-15H2,1-5H3/t16-,17-,18-,19-,20?,21+,22+,23?,24?,25-,26+,27-/m1/s1. The summed E-state index contributed by atoms with van der Waals surface area (Å²) in [6.07, 6.45) is 10.0. The Morgan fingerprint density at radius 1 is 0.967 bits per heavy atom. The van der Waals surface area contributed by atoms with Crippen LogP contribution in [0.15, 0.2) is 0 Å². The predicted molar refractivity (Wildman–Crippen MR) is 122 cm³/mol. The largest absolute Gasteiger partial charge is 0.393 e. The molecule has 12 atom stereocenters. The first kappa shape index (κ1) is 23.1. The molecule has 4 fully saturated rings. The van der Waals surface area contributed by atoms with E-state index in [4.69, 9.17) is 0 Å². The lowest BCUT2D eigenvalue weighted by molar-refractivity contribution is -0.235. The fourth-order valence-electron chi connectivity index (χ4n) is 9.77. The molecule has 3 heteroatoms. The highest BCUT2D eigenvalue weighted by molar-refractivity contribution is 5.15. The van der Waals surface area contributed by atoms with Crippen molar-refractivity contribution in [1.82, 2.24) is 0 Å². The summed E-state index contributed by atoms with van der Waals surface area (Å²) in [5.74, 6) is 2.93. The molecule has 3 N–H and O–H groups in total. The topological polar surface area (TPSA) is 60.7 Å². The maximum atomic E-state index is 11.8. The Kier molecular flexibility index (Phi) is 6.41. The van der Waals surface area contributed by atoms with Gasteiger partial charge in [0, 0.05) is 0 Å². The van der Waals surface area contributed by atoms with Crippen molar-refractivity contribution in [1.29, 1.82) is 0 Å². The van der Waals surface area contributed by atoms with Crippen molar-refractivity contribution in [3.63, 3.8) is 0 Å². The Morgan fingerprint density at radius 2 is 1.70 bits per heavy atom. The lowest BCUT2D eigenvalue weighted by atomic mass is 9.40. The first-order chi connectivity index (χ1) is 14.2. The van der Waals surface area contributed by atoms with Crippen LogP contribution in [0.1, 0.15) is 98.8 Å². The molecule has 0 bridgehead atoms. The molecule has 4 rings (SSSR count). The van der Waals surface area contributed by atoms with Crippen molar-refractivity contribution in [3.8, 4) is 0 Å². The zero-order chi connectivity index (χ0) is 21.8. The van der Waals surface area contributed by atoms with E-state index in [1.165, 1.54) is 32.1 Å². The highest BCUT2D eigenvalue weighted by Gasteiger charge is 2.67. The van der Waals surface area contributed by atoms with Crippen molar-refractivity contribution in [2.24, 2.45) is 52.3 Å². The zero-order valence-electron chi connectivity index (χ0n) is 20.2. The lowest BCUT2D eigenvalue weighted by Gasteiger charge is -2.66. The van der Waals surface area contributed by atoms with Gasteiger partial charge in [-0.15, -0.1) is 0 Å². The van der Waals surface area contributed by atoms with Gasteiger partial charge in [-0.05, 0) is 90.8 Å². The van der Waals surface area contributed by atoms with E-state index in [9.17, 15) is 15.3 Å². The average Bonchev–Trinajstić information content (AvgIpc) is 3.04. The molecule has 0 heterocycles. The van der Waals surface area contributed by atoms with E-state index in [1.807, 2.05) is 0 Å². The minimum absolute atomic E-state index is 0.0520. The molecule has 4 saturated carbocycles. The van der Waals surface area contributed by atoms with E-state index in [1.54, 1.807) is 0 Å². The Balaban J connectivity index is 1.68. The second kappa shape index (κ2) is 8.34. The van der Waals surface area contributed by atoms with Crippen molar-refractivity contribution in [3.05, 3.63) is 0 Å². The van der Waals surface area contributed by atoms with Gasteiger partial charge >= 0.3 is 0 Å². The third kappa shape index (κ3) is 3.32. The second-order valence-electron chi connectivity index (χ2n) is 12.4. The van der Waals surface area contributed by atoms with Gasteiger partial charge in [0.15, 0.2) is 0 Å². The van der Waals surface area contributed by atoms with Gasteiger partial charge in [-0.2, -0.15) is 0 Å². The van der Waals surface area contributed by atoms with E-state index in [0.717, 1.165) is 32.1 Å². The van der Waals surface area contributed by atoms with E-state index in [0.29, 0.717) is 23.7 Å². The molecule has 0 aliphatic heterocycles. The molecule has 0 aromatic carbocycles. The molecular formula is C27H48O3. The minimum atomic E-state index is -0.327. The Bertz CT molecular complexity index is 607. The lowest BCUT2D eigenvalue weighted by Crippen LogP contribution is -2.65. The molecule has 0 spiro atoms. The molecule has 4 aliphatic carbocycles. The molecule has 174 valence electrons. The molecule has 3 unspecified atom stereocenters. The third-order valence-electron chi connectivity index (χ3n) is 11.1. The van der Waals surface area contributed by atoms with Crippen molar-refractivity contribution < 1.29 is 15.3 Å². The maximum absolute atomic E-state index is 11.8. The third-order valence-corrected chi connectivity index (χ3v) is 11.1. The number of aliphatic hydroxyl groups excluding tert-OH is 3. The number of fused-ring (bicyclic) bond motifs is 5. The Hall–Kier alpha value is -0.120. The van der Waals surface area contributed by atoms with Crippen LogP contribution in [-0.4, -0.2) is 33.6 Å². The molecular weight excluding hydrogens is 372 g/mol. The maximum Gasteiger partial charge on any atom is 0.0605 e. The summed E-state index contributed by atoms with van der Waals surface area (Å²) >= 11 is 0. The Morgan fingerprint density at radius 3 is 2.37 bits per heavy atom. The molecule has 30 heavy (non-hydrogen) atoms. The zero-order valence-corrected chi connectivity index (χ0v) is 20.2. The smallest absolute Gasteiger partial charge is 0.0605 e. The summed E-state index contributed by atoms with van der Waals surface area (Å²) in [5.41, 5.74) is 0.209. The van der Waals surface area contributed by atoms with Crippen LogP contribution in [0.2, 0.25) is 0 Å². The van der Waals surface area contributed by atoms with Gasteiger partial charge in [-0.25, -0.2) is 0 Å². The van der Waals surface area contributed by atoms with Crippen molar-refractivity contribution in [2.45, 2.75) is 117 Å². The summed E-state index contributed by atoms with van der Waals surface area (Å²) in [5, 5.41) is 33.9. The summed E-state index contributed by atoms with van der Waals surface area (Å²) < 4.78 is 0. The predicted octanol–water partition coefficient (Wildman–Crippen LogP) is 5.41. The number of rotatable bonds is 5. The highest BCUT2D eigenvalue weighted by Crippen LogP contribution is 2.69. The SMILES string of the molecule is CCCC[C@@H](C)[C@H]1CCC2C3C([C@@H](O)C[C@@]21C)[C@@]1(C)CC[C@@H](O)C[C@H]1[C@@H](CC)[C@H]3O. The second-order valence-corrected chi connectivity index (χ2v) is 12.4. The molecule has 0 saturated heterocycles. The first-order valence-electron chi connectivity index (χ1n) is 13.2. The van der Waals surface area contributed by atoms with E-state index in [-0.39, 0.29) is 46.9 Å². The summed E-state index contributed by atoms with van der Waals surface area (Å²) in [7, 11) is 0. The van der Waals surface area contributed by atoms with Gasteiger partial charge in [0.25, 0.3) is 0 Å². The number of unbranched alkanes of at least 4 members (excludes halogenated alkanes) is 1. The van der Waals surface area contributed by atoms with E-state index in [2.05, 4.69) is 34.6 Å². The summed E-state index contributed by atoms with van der Waals surface area (Å²) in [6, 6.07) is 0. The van der Waals surface area contributed by atoms with Crippen LogP contribution in [0.5, 0.6) is 0 Å². The number of hydrogen-bond donors (Lipinski definition) is 3. The van der Waals surface area contributed by atoms with Gasteiger partial charge in [-0.3, -0.25) is 0 Å². The monoisotopic (exact) mass is 420 g/mol. The van der Waals surface area contributed by atoms with E-state index >= 15 is 0 Å². The van der Waals surface area contributed by atoms with Crippen LogP contribution in [0, 0.1) is 52.3 Å². The van der Waals surface area contributed by atoms with Crippen LogP contribution in [0.25, 0.3) is 0 Å².